The van der Waals surface area contributed by atoms with E-state index in [1.54, 1.807) is 49.9 Å². The predicted octanol–water partition coefficient (Wildman–Crippen LogP) is 6.92. The van der Waals surface area contributed by atoms with E-state index in [-0.39, 0.29) is 24.2 Å². The molecule has 2 fully saturated rings. The number of urea groups is 1. The van der Waals surface area contributed by atoms with E-state index in [0.29, 0.717) is 36.0 Å². The van der Waals surface area contributed by atoms with Crippen molar-refractivity contribution in [3.05, 3.63) is 95.1 Å². The molecule has 2 saturated heterocycles. The van der Waals surface area contributed by atoms with Crippen LogP contribution in [0.3, 0.4) is 0 Å². The third kappa shape index (κ3) is 7.19. The van der Waals surface area contributed by atoms with E-state index in [4.69, 9.17) is 14.2 Å². The molecule has 0 spiro atoms. The number of ether oxygens (including phenoxy) is 3. The second-order valence-electron chi connectivity index (χ2n) is 13.9. The number of hydrogen-bond donors (Lipinski definition) is 1. The Balaban J connectivity index is 1.22. The van der Waals surface area contributed by atoms with Gasteiger partial charge in [-0.05, 0) is 68.7 Å². The molecule has 0 saturated carbocycles. The summed E-state index contributed by atoms with van der Waals surface area (Å²) in [6.07, 6.45) is -8.84. The Labute approximate surface area is 313 Å². The maximum Gasteiger partial charge on any atom is 0.430 e. The van der Waals surface area contributed by atoms with E-state index in [9.17, 15) is 40.7 Å². The third-order valence-electron chi connectivity index (χ3n) is 10.2. The van der Waals surface area contributed by atoms with Crippen molar-refractivity contribution >= 4 is 29.6 Å². The molecule has 55 heavy (non-hydrogen) atoms. The summed E-state index contributed by atoms with van der Waals surface area (Å²) < 4.78 is 104. The molecule has 3 aliphatic rings. The molecule has 294 valence electrons. The van der Waals surface area contributed by atoms with Crippen molar-refractivity contribution in [2.75, 3.05) is 37.7 Å². The Morgan fingerprint density at radius 3 is 2.24 bits per heavy atom. The molecule has 6 rings (SSSR count). The first-order valence-electron chi connectivity index (χ1n) is 17.6. The molecule has 4 amide bonds. The maximum absolute atomic E-state index is 14.7. The number of benzene rings is 3. The van der Waals surface area contributed by atoms with E-state index < -0.39 is 72.1 Å². The molecule has 0 aliphatic carbocycles. The number of amides is 4. The molecule has 0 radical (unpaired) electrons. The van der Waals surface area contributed by atoms with Crippen molar-refractivity contribution in [3.63, 3.8) is 0 Å². The van der Waals surface area contributed by atoms with Crippen molar-refractivity contribution in [3.8, 4) is 11.5 Å². The van der Waals surface area contributed by atoms with Crippen molar-refractivity contribution in [1.29, 1.82) is 0 Å². The lowest BCUT2D eigenvalue weighted by Gasteiger charge is -2.46. The van der Waals surface area contributed by atoms with Crippen LogP contribution in [0.1, 0.15) is 49.9 Å². The Bertz CT molecular complexity index is 1960. The van der Waals surface area contributed by atoms with Crippen LogP contribution in [-0.4, -0.2) is 84.9 Å². The zero-order valence-corrected chi connectivity index (χ0v) is 30.5. The number of halogens is 6. The summed E-state index contributed by atoms with van der Waals surface area (Å²) >= 11 is 0. The number of piperazine rings is 1. The van der Waals surface area contributed by atoms with E-state index >= 15 is 0 Å². The third-order valence-corrected chi connectivity index (χ3v) is 10.2. The number of alkyl halides is 6. The predicted molar refractivity (Wildman–Crippen MR) is 189 cm³/mol. The lowest BCUT2D eigenvalue weighted by Crippen LogP contribution is -2.60. The van der Waals surface area contributed by atoms with Crippen molar-refractivity contribution < 1.29 is 54.9 Å². The fourth-order valence-corrected chi connectivity index (χ4v) is 7.28. The van der Waals surface area contributed by atoms with Crippen molar-refractivity contribution in [1.82, 2.24) is 15.1 Å². The highest BCUT2D eigenvalue weighted by Crippen LogP contribution is 2.54. The van der Waals surface area contributed by atoms with Crippen LogP contribution in [0.25, 0.3) is 6.08 Å². The molecule has 3 atom stereocenters. The molecule has 1 N–H and O–H groups in total. The molecule has 3 aromatic rings. The highest BCUT2D eigenvalue weighted by molar-refractivity contribution is 6.09. The summed E-state index contributed by atoms with van der Waals surface area (Å²) in [6.45, 7) is 6.00. The largest absolute Gasteiger partial charge is 0.486 e. The second-order valence-corrected chi connectivity index (χ2v) is 13.9. The van der Waals surface area contributed by atoms with E-state index in [0.717, 1.165) is 17.0 Å². The molecule has 0 aromatic heterocycles. The fourth-order valence-electron chi connectivity index (χ4n) is 7.28. The highest BCUT2D eigenvalue weighted by Gasteiger charge is 2.73. The zero-order valence-electron chi connectivity index (χ0n) is 30.5. The minimum atomic E-state index is -5.88. The SMILES string of the molecule is CC=Cc1cc(C(OCc2ccccc2)(C(F)(F)F)C(F)(F)F)ccc1N1C[C@@H](C)N(C(=O)CN2C(=O)N[C@@](C)(c3ccc4c(c3)OCCO4)C2=O)CC1C. The molecule has 3 aromatic carbocycles. The lowest BCUT2D eigenvalue weighted by molar-refractivity contribution is -0.392. The van der Waals surface area contributed by atoms with Gasteiger partial charge >= 0.3 is 18.4 Å². The van der Waals surface area contributed by atoms with E-state index in [2.05, 4.69) is 5.32 Å². The van der Waals surface area contributed by atoms with Crippen LogP contribution >= 0.6 is 0 Å². The number of carbonyl (C=O) groups excluding carboxylic acids is 3. The van der Waals surface area contributed by atoms with Gasteiger partial charge in [0.25, 0.3) is 11.5 Å². The van der Waals surface area contributed by atoms with Crippen LogP contribution in [0.4, 0.5) is 36.8 Å². The first kappa shape index (κ1) is 39.4. The van der Waals surface area contributed by atoms with Crippen LogP contribution in [0, 0.1) is 0 Å². The average Bonchev–Trinajstić information content (AvgIpc) is 3.35. The summed E-state index contributed by atoms with van der Waals surface area (Å²) in [7, 11) is 0. The molecule has 3 heterocycles. The number of nitrogens with one attached hydrogen (secondary N) is 1. The summed E-state index contributed by atoms with van der Waals surface area (Å²) in [4.78, 5) is 44.6. The molecule has 3 aliphatic heterocycles. The van der Waals surface area contributed by atoms with Crippen molar-refractivity contribution in [2.45, 2.75) is 69.9 Å². The van der Waals surface area contributed by atoms with Gasteiger partial charge < -0.3 is 29.3 Å². The van der Waals surface area contributed by atoms with Crippen LogP contribution in [-0.2, 0) is 32.1 Å². The molecule has 10 nitrogen and oxygen atoms in total. The van der Waals surface area contributed by atoms with Gasteiger partial charge in [0.1, 0.15) is 25.3 Å². The number of fused-ring (bicyclic) bond motifs is 1. The monoisotopic (exact) mass is 774 g/mol. The first-order valence-corrected chi connectivity index (χ1v) is 17.6. The van der Waals surface area contributed by atoms with Gasteiger partial charge in [0.2, 0.25) is 5.91 Å². The summed E-state index contributed by atoms with van der Waals surface area (Å²) in [5, 5.41) is 2.68. The van der Waals surface area contributed by atoms with Gasteiger partial charge in [-0.25, -0.2) is 4.79 Å². The summed E-state index contributed by atoms with van der Waals surface area (Å²) in [6, 6.07) is 13.2. The minimum Gasteiger partial charge on any atom is -0.486 e. The van der Waals surface area contributed by atoms with Crippen LogP contribution in [0.2, 0.25) is 0 Å². The number of rotatable bonds is 9. The Morgan fingerprint density at radius 2 is 1.58 bits per heavy atom. The quantitative estimate of drug-likeness (QED) is 0.186. The number of hydrogen-bond acceptors (Lipinski definition) is 7. The number of allylic oxidation sites excluding steroid dienone is 1. The molecular formula is C39H40F6N4O6. The van der Waals surface area contributed by atoms with Gasteiger partial charge in [0.05, 0.1) is 6.61 Å². The van der Waals surface area contributed by atoms with Gasteiger partial charge in [-0.2, -0.15) is 26.3 Å². The van der Waals surface area contributed by atoms with Crippen LogP contribution < -0.4 is 19.7 Å². The fraction of sp³-hybridized carbons (Fsp3) is 0.410. The number of anilines is 1. The molecule has 1 unspecified atom stereocenters. The first-order chi connectivity index (χ1) is 25.9. The van der Waals surface area contributed by atoms with Crippen molar-refractivity contribution in [2.24, 2.45) is 0 Å². The minimum absolute atomic E-state index is 0.0787. The Hall–Kier alpha value is -5.25. The Kier molecular flexibility index (Phi) is 10.6. The summed E-state index contributed by atoms with van der Waals surface area (Å²) in [5.74, 6) is -0.235. The lowest BCUT2D eigenvalue weighted by atomic mass is 9.89. The van der Waals surface area contributed by atoms with Crippen LogP contribution in [0.15, 0.2) is 72.8 Å². The highest BCUT2D eigenvalue weighted by atomic mass is 19.4. The topological polar surface area (TPSA) is 101 Å². The smallest absolute Gasteiger partial charge is 0.430 e. The Morgan fingerprint density at radius 1 is 0.909 bits per heavy atom. The number of imide groups is 1. The molecular weight excluding hydrogens is 734 g/mol. The average molecular weight is 775 g/mol. The van der Waals surface area contributed by atoms with Gasteiger partial charge in [-0.1, -0.05) is 54.6 Å². The zero-order chi connectivity index (χ0) is 39.9. The number of nitrogens with zero attached hydrogens (tertiary/aromatic N) is 3. The summed E-state index contributed by atoms with van der Waals surface area (Å²) in [5.41, 5.74) is -6.25. The van der Waals surface area contributed by atoms with Gasteiger partial charge in [-0.15, -0.1) is 0 Å². The van der Waals surface area contributed by atoms with E-state index in [1.807, 2.05) is 0 Å². The van der Waals surface area contributed by atoms with Gasteiger partial charge in [0, 0.05) is 36.4 Å². The normalized spacial score (nSPS) is 22.0. The van der Waals surface area contributed by atoms with Gasteiger partial charge in [-0.3, -0.25) is 14.5 Å². The second kappa shape index (κ2) is 14.8. The standard InChI is InChI=1S/C39H40F6N4O6/c1-5-9-27-18-29(37(38(40,41)42,39(43,44)45)55-23-26-10-7-6-8-11-26)12-14-30(27)47-20-25(3)48(21-24(47)2)33(50)22-49-34(51)36(4,46-35(49)52)28-13-15-31-32(19-28)54-17-16-53-31/h5-15,18-19,24-25H,16-17,20-23H2,1-4H3,(H,46,52)/t24?,25-,36+/m1/s1. The van der Waals surface area contributed by atoms with Crippen LogP contribution in [0.5, 0.6) is 11.5 Å². The maximum atomic E-state index is 14.7. The number of carbonyl (C=O) groups is 3. The van der Waals surface area contributed by atoms with E-state index in [1.165, 1.54) is 54.3 Å². The molecule has 0 bridgehead atoms. The molecule has 16 heteroatoms. The van der Waals surface area contributed by atoms with Gasteiger partial charge in [0.15, 0.2) is 11.5 Å².